The van der Waals surface area contributed by atoms with Crippen molar-refractivity contribution in [3.05, 3.63) is 47.6 Å². The Labute approximate surface area is 315 Å². The Hall–Kier alpha value is -2.44. The van der Waals surface area contributed by atoms with E-state index in [0.717, 1.165) is 89.9 Å². The third-order valence-corrected chi connectivity index (χ3v) is 17.2. The largest absolute Gasteiger partial charge is 0.377 e. The van der Waals surface area contributed by atoms with Gasteiger partial charge in [0, 0.05) is 23.7 Å². The van der Waals surface area contributed by atoms with Crippen LogP contribution in [0.2, 0.25) is 19.6 Å². The average molecular weight is 721 g/mol. The topological polar surface area (TPSA) is 74.6 Å². The number of carbonyl (C=O) groups excluding carboxylic acids is 2. The number of allylic oxidation sites excluding steroid dienone is 4. The van der Waals surface area contributed by atoms with E-state index in [1.807, 2.05) is 12.2 Å². The molecule has 8 rings (SSSR count). The van der Waals surface area contributed by atoms with Crippen LogP contribution >= 0.6 is 0 Å². The highest BCUT2D eigenvalue weighted by Crippen LogP contribution is 2.68. The Morgan fingerprint density at radius 2 is 1.17 bits per heavy atom. The molecule has 0 amide bonds. The van der Waals surface area contributed by atoms with Gasteiger partial charge in [-0.3, -0.25) is 9.59 Å². The zero-order chi connectivity index (χ0) is 37.4. The molecule has 12 atom stereocenters. The smallest absolute Gasteiger partial charge is 0.155 e. The second kappa shape index (κ2) is 13.4. The summed E-state index contributed by atoms with van der Waals surface area (Å²) >= 11 is 0. The molecule has 2 N–H and O–H groups in total. The first-order valence-corrected chi connectivity index (χ1v) is 24.3. The lowest BCUT2D eigenvalue weighted by atomic mass is 9.48. The van der Waals surface area contributed by atoms with Crippen LogP contribution in [0.1, 0.15) is 117 Å². The van der Waals surface area contributed by atoms with Crippen molar-refractivity contribution < 1.29 is 19.8 Å². The summed E-state index contributed by atoms with van der Waals surface area (Å²) < 4.78 is 0. The monoisotopic (exact) mass is 720 g/mol. The SMILES string of the molecule is C#C[C@]1(O)CCC2C3CCC4=CC(=O)CCC4C3C(=C)C[C@@]21CC.C=C1C[C@@]2(CC)C(CC[C@@]2(O)C#C[Si](C)(C)C)C2CCC3=CC(=O)CCC3C12. The molecule has 0 aliphatic heterocycles. The van der Waals surface area contributed by atoms with Crippen LogP contribution in [0.3, 0.4) is 0 Å². The predicted octanol–water partition coefficient (Wildman–Crippen LogP) is 9.35. The molecule has 4 nitrogen and oxygen atoms in total. The van der Waals surface area contributed by atoms with Crippen LogP contribution in [0, 0.1) is 82.0 Å². The molecule has 0 bridgehead atoms. The summed E-state index contributed by atoms with van der Waals surface area (Å²) in [6.45, 7) is 20.2. The summed E-state index contributed by atoms with van der Waals surface area (Å²) in [5.74, 6) is 11.0. The predicted molar refractivity (Wildman–Crippen MR) is 212 cm³/mol. The van der Waals surface area contributed by atoms with Gasteiger partial charge < -0.3 is 10.2 Å². The minimum absolute atomic E-state index is 0.135. The molecule has 0 spiro atoms. The van der Waals surface area contributed by atoms with Gasteiger partial charge in [-0.05, 0) is 149 Å². The third-order valence-electron chi connectivity index (χ3n) is 16.3. The van der Waals surface area contributed by atoms with Gasteiger partial charge >= 0.3 is 0 Å². The van der Waals surface area contributed by atoms with Gasteiger partial charge in [-0.1, -0.05) is 80.8 Å². The maximum absolute atomic E-state index is 11.9. The zero-order valence-corrected chi connectivity index (χ0v) is 33.8. The van der Waals surface area contributed by atoms with Gasteiger partial charge in [-0.15, -0.1) is 12.0 Å². The number of hydrogen-bond acceptors (Lipinski definition) is 4. The van der Waals surface area contributed by atoms with Crippen LogP contribution in [-0.4, -0.2) is 41.1 Å². The van der Waals surface area contributed by atoms with E-state index in [1.165, 1.54) is 22.3 Å². The number of aliphatic hydroxyl groups is 2. The molecule has 8 aliphatic carbocycles. The first-order chi connectivity index (χ1) is 24.6. The number of hydrogen-bond donors (Lipinski definition) is 2. The Balaban J connectivity index is 0.000000164. The number of carbonyl (C=O) groups is 2. The summed E-state index contributed by atoms with van der Waals surface area (Å²) in [6.07, 6.45) is 24.7. The first-order valence-electron chi connectivity index (χ1n) is 20.8. The molecule has 8 unspecified atom stereocenters. The lowest BCUT2D eigenvalue weighted by Gasteiger charge is -2.56. The van der Waals surface area contributed by atoms with E-state index in [4.69, 9.17) is 6.42 Å². The summed E-state index contributed by atoms with van der Waals surface area (Å²) in [5, 5.41) is 23.0. The van der Waals surface area contributed by atoms with Crippen molar-refractivity contribution in [3.8, 4) is 23.8 Å². The number of terminal acetylenes is 1. The van der Waals surface area contributed by atoms with Crippen LogP contribution in [0.4, 0.5) is 0 Å². The third kappa shape index (κ3) is 5.78. The zero-order valence-electron chi connectivity index (χ0n) is 32.8. The Kier molecular flexibility index (Phi) is 9.75. The normalized spacial score (nSPS) is 44.8. The van der Waals surface area contributed by atoms with Crippen molar-refractivity contribution in [2.75, 3.05) is 0 Å². The maximum atomic E-state index is 11.9. The van der Waals surface area contributed by atoms with Gasteiger partial charge in [0.15, 0.2) is 11.6 Å². The van der Waals surface area contributed by atoms with Gasteiger partial charge in [0.2, 0.25) is 0 Å². The number of fused-ring (bicyclic) bond motifs is 10. The molecule has 280 valence electrons. The molecule has 0 saturated heterocycles. The first kappa shape index (κ1) is 37.9. The highest BCUT2D eigenvalue weighted by atomic mass is 28.3. The molecule has 52 heavy (non-hydrogen) atoms. The fourth-order valence-corrected chi connectivity index (χ4v) is 14.6. The molecule has 6 saturated carbocycles. The summed E-state index contributed by atoms with van der Waals surface area (Å²) in [4.78, 5) is 23.7. The van der Waals surface area contributed by atoms with Gasteiger partial charge in [0.25, 0.3) is 0 Å². The van der Waals surface area contributed by atoms with Gasteiger partial charge in [-0.25, -0.2) is 0 Å². The van der Waals surface area contributed by atoms with Crippen LogP contribution in [0.5, 0.6) is 0 Å². The molecular weight excluding hydrogens is 657 g/mol. The second-order valence-electron chi connectivity index (χ2n) is 19.5. The van der Waals surface area contributed by atoms with E-state index in [-0.39, 0.29) is 10.8 Å². The quantitative estimate of drug-likeness (QED) is 0.169. The molecule has 6 fully saturated rings. The Bertz CT molecular complexity index is 1710. The van der Waals surface area contributed by atoms with Crippen molar-refractivity contribution in [1.82, 2.24) is 0 Å². The summed E-state index contributed by atoms with van der Waals surface area (Å²) in [5.41, 5.74) is 6.68. The minimum Gasteiger partial charge on any atom is -0.377 e. The van der Waals surface area contributed by atoms with Crippen molar-refractivity contribution in [1.29, 1.82) is 0 Å². The minimum atomic E-state index is -1.54. The van der Waals surface area contributed by atoms with E-state index in [0.29, 0.717) is 71.8 Å². The maximum Gasteiger partial charge on any atom is 0.155 e. The number of rotatable bonds is 2. The summed E-state index contributed by atoms with van der Waals surface area (Å²) in [7, 11) is -1.54. The van der Waals surface area contributed by atoms with Crippen LogP contribution in [0.25, 0.3) is 0 Å². The van der Waals surface area contributed by atoms with Crippen molar-refractivity contribution in [2.24, 2.45) is 58.2 Å². The van der Waals surface area contributed by atoms with E-state index < -0.39 is 19.3 Å². The van der Waals surface area contributed by atoms with E-state index >= 15 is 0 Å². The molecule has 8 aliphatic rings. The number of ketones is 2. The van der Waals surface area contributed by atoms with Crippen molar-refractivity contribution in [2.45, 2.75) is 147 Å². The van der Waals surface area contributed by atoms with Crippen molar-refractivity contribution in [3.63, 3.8) is 0 Å². The Morgan fingerprint density at radius 3 is 1.60 bits per heavy atom. The molecule has 5 heteroatoms. The van der Waals surface area contributed by atoms with Crippen molar-refractivity contribution >= 4 is 19.6 Å². The van der Waals surface area contributed by atoms with Gasteiger partial charge in [-0.2, -0.15) is 0 Å². The fraction of sp³-hybridized carbons (Fsp3) is 0.702. The molecule has 0 aromatic carbocycles. The van der Waals surface area contributed by atoms with Crippen LogP contribution in [-0.2, 0) is 9.59 Å². The highest BCUT2D eigenvalue weighted by molar-refractivity contribution is 6.83. The molecule has 0 aromatic heterocycles. The highest BCUT2D eigenvalue weighted by Gasteiger charge is 2.66. The average Bonchev–Trinajstić information content (AvgIpc) is 3.58. The molecule has 0 aromatic rings. The standard InChI is InChI=1S/C25H36O2Si.C22H28O2/c1-6-24-16-17(2)23-20-10-8-19(26)15-18(20)7-9-21(23)22(24)11-12-25(24,27)13-14-28(3,4)5;1-4-21-13-14(3)20-17-9-7-16(23)12-15(17)6-8-18(20)19(21)10-11-22(21,24)5-2/h15,20-23,27H,2,6-12,16H2,1,3-5H3;2,12,17-20,24H,3-4,6-11,13H2,1H3/t20?,21?,22?,23?,24-,25+;17?,18?,19?,20?,21-,22-/m00/s1. The summed E-state index contributed by atoms with van der Waals surface area (Å²) in [6, 6.07) is 0. The molecule has 0 heterocycles. The second-order valence-corrected chi connectivity index (χ2v) is 24.2. The molecule has 0 radical (unpaired) electrons. The lowest BCUT2D eigenvalue weighted by Crippen LogP contribution is -2.54. The van der Waals surface area contributed by atoms with Crippen LogP contribution < -0.4 is 0 Å². The Morgan fingerprint density at radius 1 is 0.731 bits per heavy atom. The molecular formula is C47H64O4Si. The lowest BCUT2D eigenvalue weighted by molar-refractivity contribution is -0.117. The van der Waals surface area contributed by atoms with E-state index in [2.05, 4.69) is 64.0 Å². The fourth-order valence-electron chi connectivity index (χ4n) is 14.1. The van der Waals surface area contributed by atoms with E-state index in [9.17, 15) is 19.8 Å². The van der Waals surface area contributed by atoms with Crippen LogP contribution in [0.15, 0.2) is 47.6 Å². The van der Waals surface area contributed by atoms with Gasteiger partial charge in [0.05, 0.1) is 0 Å². The van der Waals surface area contributed by atoms with E-state index in [1.54, 1.807) is 0 Å². The van der Waals surface area contributed by atoms with Gasteiger partial charge in [0.1, 0.15) is 19.3 Å².